The number of rotatable bonds is 6. The second-order valence-electron chi connectivity index (χ2n) is 6.88. The molecule has 0 saturated carbocycles. The normalized spacial score (nSPS) is 18.0. The van der Waals surface area contributed by atoms with Crippen molar-refractivity contribution >= 4 is 5.91 Å². The summed E-state index contributed by atoms with van der Waals surface area (Å²) in [6, 6.07) is 3.06. The van der Waals surface area contributed by atoms with E-state index in [0.29, 0.717) is 24.3 Å². The molecule has 3 heterocycles. The zero-order chi connectivity index (χ0) is 21.7. The van der Waals surface area contributed by atoms with Crippen LogP contribution < -0.4 is 9.47 Å². The van der Waals surface area contributed by atoms with E-state index in [-0.39, 0.29) is 18.3 Å². The van der Waals surface area contributed by atoms with Crippen molar-refractivity contribution < 1.29 is 32.5 Å². The molecule has 1 amide bonds. The fourth-order valence-corrected chi connectivity index (χ4v) is 3.47. The number of aromatic nitrogens is 2. The Hall–Kier alpha value is -2.88. The van der Waals surface area contributed by atoms with Gasteiger partial charge in [0, 0.05) is 24.5 Å². The monoisotopic (exact) mass is 425 g/mol. The van der Waals surface area contributed by atoms with Gasteiger partial charge in [-0.3, -0.25) is 9.78 Å². The molecule has 7 nitrogen and oxygen atoms in total. The Balaban J connectivity index is 1.67. The lowest BCUT2D eigenvalue weighted by atomic mass is 9.93. The lowest BCUT2D eigenvalue weighted by Gasteiger charge is -2.38. The number of methoxy groups -OCH3 is 1. The Bertz CT molecular complexity index is 861. The summed E-state index contributed by atoms with van der Waals surface area (Å²) in [4.78, 5) is 21.6. The van der Waals surface area contributed by atoms with Crippen molar-refractivity contribution in [1.82, 2.24) is 14.9 Å². The Morgan fingerprint density at radius 2 is 2.10 bits per heavy atom. The molecule has 30 heavy (non-hydrogen) atoms. The van der Waals surface area contributed by atoms with Gasteiger partial charge in [-0.05, 0) is 37.5 Å². The SMILES string of the molecule is COc1ccncc1[C@H](O)[C@H]1CCCCN1C(=O)COc1ccc(C(F)(F)F)nc1. The average Bonchev–Trinajstić information content (AvgIpc) is 2.76. The van der Waals surface area contributed by atoms with Gasteiger partial charge in [-0.1, -0.05) is 0 Å². The number of pyridine rings is 2. The molecule has 1 N–H and O–H groups in total. The van der Waals surface area contributed by atoms with Crippen LogP contribution in [0.15, 0.2) is 36.8 Å². The van der Waals surface area contributed by atoms with Crippen LogP contribution in [-0.4, -0.2) is 52.2 Å². The first-order valence-corrected chi connectivity index (χ1v) is 9.42. The maximum absolute atomic E-state index is 12.7. The number of hydrogen-bond acceptors (Lipinski definition) is 6. The molecular formula is C20H22F3N3O4. The highest BCUT2D eigenvalue weighted by Crippen LogP contribution is 2.33. The largest absolute Gasteiger partial charge is 0.496 e. The maximum atomic E-state index is 12.7. The molecule has 2 atom stereocenters. The van der Waals surface area contributed by atoms with Crippen LogP contribution in [0.4, 0.5) is 13.2 Å². The average molecular weight is 425 g/mol. The van der Waals surface area contributed by atoms with Gasteiger partial charge in [0.05, 0.1) is 19.3 Å². The summed E-state index contributed by atoms with van der Waals surface area (Å²) in [7, 11) is 1.49. The van der Waals surface area contributed by atoms with Gasteiger partial charge in [-0.25, -0.2) is 4.98 Å². The first kappa shape index (κ1) is 21.8. The lowest BCUT2D eigenvalue weighted by Crippen LogP contribution is -2.48. The number of ether oxygens (including phenoxy) is 2. The standard InChI is InChI=1S/C20H22F3N3O4/c1-29-16-7-8-24-11-14(16)19(28)15-4-2-3-9-26(15)18(27)12-30-13-5-6-17(25-10-13)20(21,22)23/h5-8,10-11,15,19,28H,2-4,9,12H2,1H3/t15-,19+/m1/s1. The highest BCUT2D eigenvalue weighted by atomic mass is 19.4. The van der Waals surface area contributed by atoms with E-state index in [2.05, 4.69) is 9.97 Å². The van der Waals surface area contributed by atoms with Gasteiger partial charge in [-0.15, -0.1) is 0 Å². The molecule has 0 unspecified atom stereocenters. The Morgan fingerprint density at radius 1 is 1.30 bits per heavy atom. The van der Waals surface area contributed by atoms with Gasteiger partial charge in [0.1, 0.15) is 23.3 Å². The van der Waals surface area contributed by atoms with Crippen molar-refractivity contribution in [3.8, 4) is 11.5 Å². The Kier molecular flexibility index (Phi) is 6.76. The summed E-state index contributed by atoms with van der Waals surface area (Å²) in [5.41, 5.74) is -0.552. The summed E-state index contributed by atoms with van der Waals surface area (Å²) in [5, 5.41) is 10.9. The minimum absolute atomic E-state index is 0.0550. The van der Waals surface area contributed by atoms with E-state index in [0.717, 1.165) is 31.2 Å². The highest BCUT2D eigenvalue weighted by Gasteiger charge is 2.35. The highest BCUT2D eigenvalue weighted by molar-refractivity contribution is 5.78. The number of hydrogen-bond donors (Lipinski definition) is 1. The van der Waals surface area contributed by atoms with Crippen LogP contribution in [0, 0.1) is 0 Å². The quantitative estimate of drug-likeness (QED) is 0.766. The van der Waals surface area contributed by atoms with Gasteiger partial charge >= 0.3 is 6.18 Å². The number of aliphatic hydroxyl groups excluding tert-OH is 1. The maximum Gasteiger partial charge on any atom is 0.433 e. The van der Waals surface area contributed by atoms with Crippen molar-refractivity contribution in [3.05, 3.63) is 48.0 Å². The summed E-state index contributed by atoms with van der Waals surface area (Å²) in [5.74, 6) is 0.156. The summed E-state index contributed by atoms with van der Waals surface area (Å²) in [6.07, 6.45) is 0.657. The Labute approximate surface area is 171 Å². The van der Waals surface area contributed by atoms with Gasteiger partial charge in [0.15, 0.2) is 6.61 Å². The van der Waals surface area contributed by atoms with Gasteiger partial charge in [-0.2, -0.15) is 13.2 Å². The molecule has 1 aliphatic heterocycles. The molecule has 0 aliphatic carbocycles. The fourth-order valence-electron chi connectivity index (χ4n) is 3.47. The third-order valence-corrected chi connectivity index (χ3v) is 4.97. The number of alkyl halides is 3. The van der Waals surface area contributed by atoms with Gasteiger partial charge < -0.3 is 19.5 Å². The van der Waals surface area contributed by atoms with E-state index in [1.54, 1.807) is 12.3 Å². The van der Waals surface area contributed by atoms with Crippen LogP contribution in [0.5, 0.6) is 11.5 Å². The minimum Gasteiger partial charge on any atom is -0.496 e. The van der Waals surface area contributed by atoms with E-state index in [4.69, 9.17) is 9.47 Å². The van der Waals surface area contributed by atoms with Crippen LogP contribution in [0.2, 0.25) is 0 Å². The molecule has 1 saturated heterocycles. The lowest BCUT2D eigenvalue weighted by molar-refractivity contribution is -0.142. The second kappa shape index (κ2) is 9.29. The topological polar surface area (TPSA) is 84.8 Å². The van der Waals surface area contributed by atoms with E-state index in [9.17, 15) is 23.1 Å². The van der Waals surface area contributed by atoms with Gasteiger partial charge in [0.2, 0.25) is 0 Å². The molecule has 0 radical (unpaired) electrons. The van der Waals surface area contributed by atoms with Crippen LogP contribution in [0.25, 0.3) is 0 Å². The van der Waals surface area contributed by atoms with Crippen molar-refractivity contribution in [2.24, 2.45) is 0 Å². The smallest absolute Gasteiger partial charge is 0.433 e. The first-order chi connectivity index (χ1) is 14.3. The predicted molar refractivity (Wildman–Crippen MR) is 99.8 cm³/mol. The van der Waals surface area contributed by atoms with E-state index in [1.165, 1.54) is 18.2 Å². The number of nitrogens with zero attached hydrogens (tertiary/aromatic N) is 3. The van der Waals surface area contributed by atoms with Crippen LogP contribution in [-0.2, 0) is 11.0 Å². The van der Waals surface area contributed by atoms with Crippen molar-refractivity contribution in [2.75, 3.05) is 20.3 Å². The Morgan fingerprint density at radius 3 is 2.77 bits per heavy atom. The molecule has 0 bridgehead atoms. The molecule has 10 heteroatoms. The van der Waals surface area contributed by atoms with Crippen molar-refractivity contribution in [2.45, 2.75) is 37.6 Å². The summed E-state index contributed by atoms with van der Waals surface area (Å²) < 4.78 is 48.4. The zero-order valence-corrected chi connectivity index (χ0v) is 16.3. The molecule has 3 rings (SSSR count). The number of carbonyl (C=O) groups is 1. The number of likely N-dealkylation sites (tertiary alicyclic amines) is 1. The summed E-state index contributed by atoms with van der Waals surface area (Å²) in [6.45, 7) is 0.0677. The van der Waals surface area contributed by atoms with E-state index >= 15 is 0 Å². The summed E-state index contributed by atoms with van der Waals surface area (Å²) >= 11 is 0. The van der Waals surface area contributed by atoms with Crippen LogP contribution >= 0.6 is 0 Å². The van der Waals surface area contributed by atoms with Crippen molar-refractivity contribution in [1.29, 1.82) is 0 Å². The number of aliphatic hydroxyl groups is 1. The second-order valence-corrected chi connectivity index (χ2v) is 6.88. The minimum atomic E-state index is -4.54. The van der Waals surface area contributed by atoms with Crippen molar-refractivity contribution in [3.63, 3.8) is 0 Å². The number of carbonyl (C=O) groups excluding carboxylic acids is 1. The van der Waals surface area contributed by atoms with E-state index in [1.807, 2.05) is 0 Å². The number of piperidine rings is 1. The molecule has 1 aliphatic rings. The van der Waals surface area contributed by atoms with Crippen LogP contribution in [0.1, 0.15) is 36.6 Å². The van der Waals surface area contributed by atoms with Gasteiger partial charge in [0.25, 0.3) is 5.91 Å². The molecule has 2 aromatic rings. The molecular weight excluding hydrogens is 403 g/mol. The number of amides is 1. The zero-order valence-electron chi connectivity index (χ0n) is 16.3. The number of halogens is 3. The molecule has 2 aromatic heterocycles. The van der Waals surface area contributed by atoms with E-state index < -0.39 is 24.0 Å². The molecule has 162 valence electrons. The first-order valence-electron chi connectivity index (χ1n) is 9.42. The fraction of sp³-hybridized carbons (Fsp3) is 0.450. The predicted octanol–water partition coefficient (Wildman–Crippen LogP) is 3.00. The molecule has 0 aromatic carbocycles. The molecule has 0 spiro atoms. The molecule has 1 fully saturated rings. The third-order valence-electron chi connectivity index (χ3n) is 4.97. The van der Waals surface area contributed by atoms with Crippen LogP contribution in [0.3, 0.4) is 0 Å². The third kappa shape index (κ3) is 4.99.